The van der Waals surface area contributed by atoms with Crippen LogP contribution in [0.25, 0.3) is 11.1 Å². The molecule has 4 rings (SSSR count). The molecule has 1 aliphatic heterocycles. The highest BCUT2D eigenvalue weighted by Gasteiger charge is 2.36. The largest absolute Gasteiger partial charge is 0.496 e. The third-order valence-corrected chi connectivity index (χ3v) is 7.55. The van der Waals surface area contributed by atoms with Gasteiger partial charge in [-0.1, -0.05) is 40.2 Å². The Bertz CT molecular complexity index is 1170. The monoisotopic (exact) mass is 457 g/mol. The summed E-state index contributed by atoms with van der Waals surface area (Å²) in [4.78, 5) is 0.255. The minimum atomic E-state index is -3.77. The van der Waals surface area contributed by atoms with Crippen LogP contribution in [0.15, 0.2) is 70.0 Å². The molecule has 0 amide bonds. The molecule has 4 nitrogen and oxygen atoms in total. The van der Waals surface area contributed by atoms with Gasteiger partial charge in [0.1, 0.15) is 5.75 Å². The van der Waals surface area contributed by atoms with Crippen LogP contribution in [0.5, 0.6) is 5.75 Å². The molecule has 0 aromatic heterocycles. The Kier molecular flexibility index (Phi) is 4.71. The van der Waals surface area contributed by atoms with Gasteiger partial charge in [0.15, 0.2) is 0 Å². The lowest BCUT2D eigenvalue weighted by Crippen LogP contribution is -2.36. The second-order valence-electron chi connectivity index (χ2n) is 6.86. The van der Waals surface area contributed by atoms with Crippen molar-refractivity contribution in [1.82, 2.24) is 0 Å². The fraction of sp³-hybridized carbons (Fsp3) is 0.182. The summed E-state index contributed by atoms with van der Waals surface area (Å²) in [6.45, 7) is 3.77. The van der Waals surface area contributed by atoms with Crippen molar-refractivity contribution in [3.63, 3.8) is 0 Å². The number of hydrogen-bond acceptors (Lipinski definition) is 3. The maximum absolute atomic E-state index is 13.7. The molecule has 1 heterocycles. The van der Waals surface area contributed by atoms with Crippen molar-refractivity contribution in [3.8, 4) is 16.9 Å². The Morgan fingerprint density at radius 1 is 1.00 bits per heavy atom. The maximum atomic E-state index is 13.7. The molecule has 0 spiro atoms. The number of anilines is 1. The molecule has 1 unspecified atom stereocenters. The Morgan fingerprint density at radius 3 is 2.46 bits per heavy atom. The topological polar surface area (TPSA) is 46.6 Å². The van der Waals surface area contributed by atoms with Crippen molar-refractivity contribution in [2.75, 3.05) is 11.4 Å². The van der Waals surface area contributed by atoms with E-state index in [9.17, 15) is 8.42 Å². The van der Waals surface area contributed by atoms with E-state index >= 15 is 0 Å². The van der Waals surface area contributed by atoms with Gasteiger partial charge in [-0.15, -0.1) is 0 Å². The van der Waals surface area contributed by atoms with E-state index in [0.29, 0.717) is 11.4 Å². The predicted octanol–water partition coefficient (Wildman–Crippen LogP) is 5.70. The standard InChI is InChI=1S/C22H20BrNO3S/c1-14-12-17(9-11-22(14)27-3)28(25,26)24-15(2)18-6-4-5-7-19(18)20-13-16(23)8-10-21(20)24/h4-13,15H,1-3H3. The predicted molar refractivity (Wildman–Crippen MR) is 115 cm³/mol. The Hall–Kier alpha value is -2.31. The molecule has 0 bridgehead atoms. The Labute approximate surface area is 174 Å². The molecule has 3 aromatic rings. The molecule has 0 N–H and O–H groups in total. The Balaban J connectivity index is 1.94. The van der Waals surface area contributed by atoms with E-state index in [1.807, 2.05) is 56.3 Å². The molecule has 28 heavy (non-hydrogen) atoms. The van der Waals surface area contributed by atoms with Crippen molar-refractivity contribution in [1.29, 1.82) is 0 Å². The lowest BCUT2D eigenvalue weighted by molar-refractivity contribution is 0.411. The van der Waals surface area contributed by atoms with Crippen LogP contribution in [0.3, 0.4) is 0 Å². The van der Waals surface area contributed by atoms with Crippen LogP contribution in [-0.2, 0) is 10.0 Å². The van der Waals surface area contributed by atoms with Gasteiger partial charge in [-0.25, -0.2) is 8.42 Å². The van der Waals surface area contributed by atoms with E-state index in [2.05, 4.69) is 15.9 Å². The zero-order chi connectivity index (χ0) is 20.1. The molecule has 6 heteroatoms. The highest BCUT2D eigenvalue weighted by molar-refractivity contribution is 9.10. The van der Waals surface area contributed by atoms with E-state index in [0.717, 1.165) is 26.7 Å². The van der Waals surface area contributed by atoms with Gasteiger partial charge < -0.3 is 4.74 Å². The lowest BCUT2D eigenvalue weighted by Gasteiger charge is -2.37. The first-order valence-electron chi connectivity index (χ1n) is 8.92. The van der Waals surface area contributed by atoms with Gasteiger partial charge in [0.2, 0.25) is 0 Å². The number of halogens is 1. The molecule has 0 saturated carbocycles. The molecule has 0 radical (unpaired) electrons. The minimum absolute atomic E-state index is 0.255. The number of benzene rings is 3. The maximum Gasteiger partial charge on any atom is 0.264 e. The first kappa shape index (κ1) is 19.0. The zero-order valence-electron chi connectivity index (χ0n) is 15.8. The van der Waals surface area contributed by atoms with Crippen LogP contribution < -0.4 is 9.04 Å². The number of hydrogen-bond donors (Lipinski definition) is 0. The number of sulfonamides is 1. The molecular formula is C22H20BrNO3S. The Morgan fingerprint density at radius 2 is 1.75 bits per heavy atom. The number of aryl methyl sites for hydroxylation is 1. The van der Waals surface area contributed by atoms with Gasteiger partial charge in [0.25, 0.3) is 10.0 Å². The smallest absolute Gasteiger partial charge is 0.264 e. The third kappa shape index (κ3) is 2.91. The number of ether oxygens (including phenoxy) is 1. The molecular weight excluding hydrogens is 438 g/mol. The van der Waals surface area contributed by atoms with Gasteiger partial charge in [0.05, 0.1) is 23.7 Å². The van der Waals surface area contributed by atoms with Gasteiger partial charge in [-0.3, -0.25) is 4.31 Å². The van der Waals surface area contributed by atoms with Crippen LogP contribution in [-0.4, -0.2) is 15.5 Å². The summed E-state index contributed by atoms with van der Waals surface area (Å²) in [5, 5.41) is 0. The summed E-state index contributed by atoms with van der Waals surface area (Å²) >= 11 is 3.52. The van der Waals surface area contributed by atoms with Crippen LogP contribution in [0.1, 0.15) is 24.1 Å². The summed E-state index contributed by atoms with van der Waals surface area (Å²) < 4.78 is 35.1. The van der Waals surface area contributed by atoms with Crippen LogP contribution in [0.2, 0.25) is 0 Å². The van der Waals surface area contributed by atoms with Gasteiger partial charge >= 0.3 is 0 Å². The van der Waals surface area contributed by atoms with Crippen molar-refractivity contribution in [2.45, 2.75) is 24.8 Å². The van der Waals surface area contributed by atoms with Crippen molar-refractivity contribution < 1.29 is 13.2 Å². The summed E-state index contributed by atoms with van der Waals surface area (Å²) in [5.74, 6) is 0.667. The molecule has 3 aromatic carbocycles. The summed E-state index contributed by atoms with van der Waals surface area (Å²) in [6.07, 6.45) is 0. The molecule has 144 valence electrons. The summed E-state index contributed by atoms with van der Waals surface area (Å²) in [6, 6.07) is 18.3. The zero-order valence-corrected chi connectivity index (χ0v) is 18.2. The molecule has 0 aliphatic carbocycles. The first-order valence-corrected chi connectivity index (χ1v) is 11.2. The molecule has 1 atom stereocenters. The molecule has 1 aliphatic rings. The van der Waals surface area contributed by atoms with Crippen molar-refractivity contribution >= 4 is 31.6 Å². The fourth-order valence-electron chi connectivity index (χ4n) is 3.82. The van der Waals surface area contributed by atoms with E-state index in [-0.39, 0.29) is 10.9 Å². The quantitative estimate of drug-likeness (QED) is 0.506. The fourth-order valence-corrected chi connectivity index (χ4v) is 5.92. The van der Waals surface area contributed by atoms with Gasteiger partial charge in [-0.05, 0) is 66.9 Å². The minimum Gasteiger partial charge on any atom is -0.496 e. The normalized spacial score (nSPS) is 15.7. The number of fused-ring (bicyclic) bond motifs is 3. The first-order chi connectivity index (χ1) is 13.3. The van der Waals surface area contributed by atoms with Crippen LogP contribution in [0.4, 0.5) is 5.69 Å². The third-order valence-electron chi connectivity index (χ3n) is 5.17. The van der Waals surface area contributed by atoms with Crippen LogP contribution in [0, 0.1) is 6.92 Å². The molecule has 0 saturated heterocycles. The van der Waals surface area contributed by atoms with E-state index < -0.39 is 10.0 Å². The number of rotatable bonds is 3. The average molecular weight is 458 g/mol. The summed E-state index contributed by atoms with van der Waals surface area (Å²) in [7, 11) is -2.19. The highest BCUT2D eigenvalue weighted by atomic mass is 79.9. The highest BCUT2D eigenvalue weighted by Crippen LogP contribution is 2.47. The second-order valence-corrected chi connectivity index (χ2v) is 9.59. The molecule has 0 fully saturated rings. The SMILES string of the molecule is COc1ccc(S(=O)(=O)N2c3ccc(Br)cc3-c3ccccc3C2C)cc1C. The lowest BCUT2D eigenvalue weighted by atomic mass is 9.90. The van der Waals surface area contributed by atoms with Crippen LogP contribution >= 0.6 is 15.9 Å². The van der Waals surface area contributed by atoms with Gasteiger partial charge in [0, 0.05) is 10.0 Å². The summed E-state index contributed by atoms with van der Waals surface area (Å²) in [5.41, 5.74) is 4.41. The van der Waals surface area contributed by atoms with E-state index in [4.69, 9.17) is 4.74 Å². The van der Waals surface area contributed by atoms with Crippen molar-refractivity contribution in [2.24, 2.45) is 0 Å². The van der Waals surface area contributed by atoms with E-state index in [1.165, 1.54) is 4.31 Å². The van der Waals surface area contributed by atoms with Gasteiger partial charge in [-0.2, -0.15) is 0 Å². The van der Waals surface area contributed by atoms with E-state index in [1.54, 1.807) is 25.3 Å². The second kappa shape index (κ2) is 6.94. The number of methoxy groups -OCH3 is 1. The number of nitrogens with zero attached hydrogens (tertiary/aromatic N) is 1. The average Bonchev–Trinajstić information content (AvgIpc) is 2.68. The van der Waals surface area contributed by atoms with Crippen molar-refractivity contribution in [3.05, 3.63) is 76.3 Å².